The van der Waals surface area contributed by atoms with Gasteiger partial charge < -0.3 is 20.1 Å². The van der Waals surface area contributed by atoms with Crippen LogP contribution in [0.4, 0.5) is 5.69 Å². The third kappa shape index (κ3) is 3.86. The Morgan fingerprint density at radius 3 is 2.36 bits per heavy atom. The number of primary amides is 1. The summed E-state index contributed by atoms with van der Waals surface area (Å²) < 4.78 is 10.5. The highest BCUT2D eigenvalue weighted by Crippen LogP contribution is 2.38. The lowest BCUT2D eigenvalue weighted by atomic mass is 9.85. The standard InChI is InChI=1S/C22H24N2O4/c1-14-10-19(22(23)26)18-6-4-5-7-20(18)24(14)21(25)9-8-15-11-16(27-2)13-17(12-15)28-3/h4-9,11-14,19H,10H2,1-3H3,(H2,23,26). The van der Waals surface area contributed by atoms with E-state index in [0.717, 1.165) is 16.8 Å². The largest absolute Gasteiger partial charge is 0.497 e. The first-order chi connectivity index (χ1) is 13.4. The summed E-state index contributed by atoms with van der Waals surface area (Å²) in [5.41, 5.74) is 7.88. The second kappa shape index (κ2) is 8.17. The highest BCUT2D eigenvalue weighted by Gasteiger charge is 2.35. The molecule has 1 aliphatic rings. The molecule has 0 saturated carbocycles. The lowest BCUT2D eigenvalue weighted by molar-refractivity contribution is -0.120. The maximum atomic E-state index is 13.0. The first-order valence-electron chi connectivity index (χ1n) is 9.07. The molecule has 0 aliphatic carbocycles. The van der Waals surface area contributed by atoms with E-state index in [-0.39, 0.29) is 23.8 Å². The number of amides is 2. The van der Waals surface area contributed by atoms with Crippen molar-refractivity contribution < 1.29 is 19.1 Å². The summed E-state index contributed by atoms with van der Waals surface area (Å²) in [4.78, 5) is 26.6. The predicted molar refractivity (Wildman–Crippen MR) is 109 cm³/mol. The van der Waals surface area contributed by atoms with Gasteiger partial charge in [0.2, 0.25) is 5.91 Å². The van der Waals surface area contributed by atoms with Gasteiger partial charge in [0, 0.05) is 23.9 Å². The van der Waals surface area contributed by atoms with Crippen molar-refractivity contribution in [1.29, 1.82) is 0 Å². The molecule has 1 aliphatic heterocycles. The number of methoxy groups -OCH3 is 2. The normalized spacial score (nSPS) is 18.6. The molecule has 2 aromatic rings. The Kier molecular flexibility index (Phi) is 5.68. The maximum Gasteiger partial charge on any atom is 0.251 e. The zero-order valence-electron chi connectivity index (χ0n) is 16.2. The molecule has 2 amide bonds. The van der Waals surface area contributed by atoms with Gasteiger partial charge in [-0.1, -0.05) is 18.2 Å². The average Bonchev–Trinajstić information content (AvgIpc) is 2.70. The fourth-order valence-electron chi connectivity index (χ4n) is 3.59. The molecule has 0 bridgehead atoms. The molecule has 2 atom stereocenters. The number of nitrogens with two attached hydrogens (primary N) is 1. The van der Waals surface area contributed by atoms with Crippen LogP contribution in [0.5, 0.6) is 11.5 Å². The molecule has 2 aromatic carbocycles. The number of anilines is 1. The summed E-state index contributed by atoms with van der Waals surface area (Å²) in [6.07, 6.45) is 3.74. The van der Waals surface area contributed by atoms with Gasteiger partial charge in [0.05, 0.1) is 20.1 Å². The summed E-state index contributed by atoms with van der Waals surface area (Å²) in [6.45, 7) is 1.92. The molecule has 3 rings (SSSR count). The van der Waals surface area contributed by atoms with E-state index in [1.165, 1.54) is 6.08 Å². The predicted octanol–water partition coefficient (Wildman–Crippen LogP) is 3.11. The summed E-state index contributed by atoms with van der Waals surface area (Å²) in [7, 11) is 3.16. The summed E-state index contributed by atoms with van der Waals surface area (Å²) in [5, 5.41) is 0. The van der Waals surface area contributed by atoms with Crippen LogP contribution in [-0.2, 0) is 9.59 Å². The Bertz CT molecular complexity index is 900. The van der Waals surface area contributed by atoms with Crippen molar-refractivity contribution >= 4 is 23.6 Å². The van der Waals surface area contributed by atoms with Gasteiger partial charge in [-0.2, -0.15) is 0 Å². The van der Waals surface area contributed by atoms with Gasteiger partial charge in [-0.3, -0.25) is 9.59 Å². The number of carbonyl (C=O) groups excluding carboxylic acids is 2. The van der Waals surface area contributed by atoms with E-state index in [9.17, 15) is 9.59 Å². The van der Waals surface area contributed by atoms with Crippen LogP contribution in [0, 0.1) is 0 Å². The van der Waals surface area contributed by atoms with Crippen molar-refractivity contribution in [1.82, 2.24) is 0 Å². The molecule has 0 fully saturated rings. The zero-order valence-corrected chi connectivity index (χ0v) is 16.2. The quantitative estimate of drug-likeness (QED) is 0.808. The van der Waals surface area contributed by atoms with Gasteiger partial charge in [-0.25, -0.2) is 0 Å². The third-order valence-corrected chi connectivity index (χ3v) is 4.96. The van der Waals surface area contributed by atoms with Crippen molar-refractivity contribution in [2.24, 2.45) is 5.73 Å². The molecule has 0 spiro atoms. The molecule has 0 aromatic heterocycles. The summed E-state index contributed by atoms with van der Waals surface area (Å²) in [5.74, 6) is 0.372. The molecule has 2 unspecified atom stereocenters. The van der Waals surface area contributed by atoms with E-state index in [1.807, 2.05) is 43.3 Å². The first-order valence-corrected chi connectivity index (χ1v) is 9.07. The van der Waals surface area contributed by atoms with E-state index in [4.69, 9.17) is 15.2 Å². The van der Waals surface area contributed by atoms with Crippen LogP contribution >= 0.6 is 0 Å². The van der Waals surface area contributed by atoms with Gasteiger partial charge in [0.15, 0.2) is 0 Å². The number of fused-ring (bicyclic) bond motifs is 1. The molecule has 6 heteroatoms. The monoisotopic (exact) mass is 380 g/mol. The van der Waals surface area contributed by atoms with Crippen LogP contribution in [0.3, 0.4) is 0 Å². The number of ether oxygens (including phenoxy) is 2. The van der Waals surface area contributed by atoms with Crippen molar-refractivity contribution in [2.75, 3.05) is 19.1 Å². The highest BCUT2D eigenvalue weighted by molar-refractivity contribution is 6.06. The number of para-hydroxylation sites is 1. The number of rotatable bonds is 5. The Labute approximate surface area is 164 Å². The van der Waals surface area contributed by atoms with Crippen molar-refractivity contribution in [3.63, 3.8) is 0 Å². The number of nitrogens with zero attached hydrogens (tertiary/aromatic N) is 1. The smallest absolute Gasteiger partial charge is 0.251 e. The van der Waals surface area contributed by atoms with Crippen LogP contribution in [0.2, 0.25) is 0 Å². The molecule has 0 saturated heterocycles. The van der Waals surface area contributed by atoms with Gasteiger partial charge in [-0.05, 0) is 48.7 Å². The lowest BCUT2D eigenvalue weighted by Gasteiger charge is -2.37. The first kappa shape index (κ1) is 19.5. The Morgan fingerprint density at radius 2 is 1.75 bits per heavy atom. The second-order valence-electron chi connectivity index (χ2n) is 6.79. The van der Waals surface area contributed by atoms with Crippen LogP contribution in [0.1, 0.15) is 30.4 Å². The number of hydrogen-bond donors (Lipinski definition) is 1. The van der Waals surface area contributed by atoms with Crippen molar-refractivity contribution in [2.45, 2.75) is 25.3 Å². The van der Waals surface area contributed by atoms with Gasteiger partial charge in [-0.15, -0.1) is 0 Å². The Morgan fingerprint density at radius 1 is 1.11 bits per heavy atom. The highest BCUT2D eigenvalue weighted by atomic mass is 16.5. The van der Waals surface area contributed by atoms with E-state index >= 15 is 0 Å². The van der Waals surface area contributed by atoms with Gasteiger partial charge in [0.25, 0.3) is 5.91 Å². The summed E-state index contributed by atoms with van der Waals surface area (Å²) in [6, 6.07) is 12.7. The number of hydrogen-bond acceptors (Lipinski definition) is 4. The minimum atomic E-state index is -0.387. The molecule has 0 radical (unpaired) electrons. The van der Waals surface area contributed by atoms with E-state index in [0.29, 0.717) is 17.9 Å². The fourth-order valence-corrected chi connectivity index (χ4v) is 3.59. The third-order valence-electron chi connectivity index (χ3n) is 4.96. The van der Waals surface area contributed by atoms with Crippen LogP contribution in [-0.4, -0.2) is 32.1 Å². The van der Waals surface area contributed by atoms with Crippen LogP contribution in [0.15, 0.2) is 48.5 Å². The SMILES string of the molecule is COc1cc(C=CC(=O)N2c3ccccc3C(C(N)=O)CC2C)cc(OC)c1. The lowest BCUT2D eigenvalue weighted by Crippen LogP contribution is -2.44. The molecular formula is C22H24N2O4. The molecule has 1 heterocycles. The molecule has 6 nitrogen and oxygen atoms in total. The maximum absolute atomic E-state index is 13.0. The molecular weight excluding hydrogens is 356 g/mol. The van der Waals surface area contributed by atoms with E-state index in [1.54, 1.807) is 31.3 Å². The second-order valence-corrected chi connectivity index (χ2v) is 6.79. The van der Waals surface area contributed by atoms with Gasteiger partial charge >= 0.3 is 0 Å². The van der Waals surface area contributed by atoms with E-state index in [2.05, 4.69) is 0 Å². The molecule has 146 valence electrons. The summed E-state index contributed by atoms with van der Waals surface area (Å²) >= 11 is 0. The minimum absolute atomic E-state index is 0.149. The minimum Gasteiger partial charge on any atom is -0.497 e. The van der Waals surface area contributed by atoms with Gasteiger partial charge in [0.1, 0.15) is 11.5 Å². The van der Waals surface area contributed by atoms with E-state index < -0.39 is 0 Å². The fraction of sp³-hybridized carbons (Fsp3) is 0.273. The average molecular weight is 380 g/mol. The Hall–Kier alpha value is -3.28. The number of benzene rings is 2. The van der Waals surface area contributed by atoms with Crippen molar-refractivity contribution in [3.8, 4) is 11.5 Å². The van der Waals surface area contributed by atoms with Crippen LogP contribution < -0.4 is 20.1 Å². The van der Waals surface area contributed by atoms with Crippen molar-refractivity contribution in [3.05, 3.63) is 59.7 Å². The molecule has 2 N–H and O–H groups in total. The van der Waals surface area contributed by atoms with Crippen LogP contribution in [0.25, 0.3) is 6.08 Å². The Balaban J connectivity index is 1.91. The topological polar surface area (TPSA) is 81.9 Å². The zero-order chi connectivity index (χ0) is 20.3. The molecule has 28 heavy (non-hydrogen) atoms. The number of carbonyl (C=O) groups is 2.